The maximum absolute atomic E-state index is 14.7. The van der Waals surface area contributed by atoms with Crippen molar-refractivity contribution in [2.45, 2.75) is 104 Å². The van der Waals surface area contributed by atoms with Crippen molar-refractivity contribution in [3.05, 3.63) is 75.7 Å². The van der Waals surface area contributed by atoms with Gasteiger partial charge in [0.25, 0.3) is 11.7 Å². The summed E-state index contributed by atoms with van der Waals surface area (Å²) in [6.45, 7) is 11.3. The fourth-order valence-corrected chi connectivity index (χ4v) is 8.07. The minimum absolute atomic E-state index is 0.0107. The maximum Gasteiger partial charge on any atom is 0.312 e. The Morgan fingerprint density at radius 2 is 1.79 bits per heavy atom. The zero-order chi connectivity index (χ0) is 43.7. The van der Waals surface area contributed by atoms with E-state index >= 15 is 0 Å². The number of nitrogens with zero attached hydrogens (tertiary/aromatic N) is 1. The van der Waals surface area contributed by atoms with Crippen molar-refractivity contribution >= 4 is 45.2 Å². The molecule has 61 heavy (non-hydrogen) atoms. The average molecular weight is 840 g/mol. The van der Waals surface area contributed by atoms with E-state index in [1.54, 1.807) is 49.4 Å². The average Bonchev–Trinajstić information content (AvgIpc) is 3.50. The van der Waals surface area contributed by atoms with Crippen LogP contribution in [0.15, 0.2) is 63.6 Å². The molecule has 1 saturated heterocycles. The van der Waals surface area contributed by atoms with Crippen LogP contribution in [0.2, 0.25) is 0 Å². The van der Waals surface area contributed by atoms with Crippen LogP contribution in [0, 0.1) is 18.8 Å². The van der Waals surface area contributed by atoms with Gasteiger partial charge in [-0.15, -0.1) is 0 Å². The summed E-state index contributed by atoms with van der Waals surface area (Å²) in [5.41, 5.74) is -0.258. The lowest BCUT2D eigenvalue weighted by Gasteiger charge is -2.27. The molecule has 4 aliphatic heterocycles. The number of amides is 1. The van der Waals surface area contributed by atoms with Gasteiger partial charge >= 0.3 is 11.8 Å². The SMILES string of the molecule is CO[C@H]1/C=C/O[C@@]2(C)Oc3c(C)c(O)c4c(=O)c(c5oc6cc(OC7CCNCC7)ccc6nc-5c4c3C2=O)NC(=O)/C(C)=C\C=C\[C@H](C)[C@H](O)CC[C@@H](C)[C@H](OC(C)=O)C1. The van der Waals surface area contributed by atoms with Gasteiger partial charge in [0.05, 0.1) is 29.4 Å². The number of hydrogen-bond donors (Lipinski definition) is 4. The summed E-state index contributed by atoms with van der Waals surface area (Å²) >= 11 is 0. The topological polar surface area (TPSA) is 205 Å². The third kappa shape index (κ3) is 8.72. The number of esters is 1. The number of ketones is 1. The van der Waals surface area contributed by atoms with E-state index in [1.807, 2.05) is 13.8 Å². The number of methoxy groups -OCH3 is 1. The number of aliphatic hydroxyl groups excluding tert-OH is 1. The van der Waals surface area contributed by atoms with Crippen molar-refractivity contribution in [2.24, 2.45) is 11.8 Å². The molecule has 4 bridgehead atoms. The van der Waals surface area contributed by atoms with Crippen LogP contribution in [0.3, 0.4) is 0 Å². The number of anilines is 1. The van der Waals surface area contributed by atoms with Gasteiger partial charge < -0.3 is 48.9 Å². The lowest BCUT2D eigenvalue weighted by atomic mass is 9.90. The monoisotopic (exact) mass is 839 g/mol. The van der Waals surface area contributed by atoms with Crippen LogP contribution in [-0.2, 0) is 23.8 Å². The van der Waals surface area contributed by atoms with Crippen molar-refractivity contribution in [2.75, 3.05) is 25.5 Å². The largest absolute Gasteiger partial charge is 0.507 e. The second-order valence-corrected chi connectivity index (χ2v) is 16.4. The molecule has 4 N–H and O–H groups in total. The first-order valence-electron chi connectivity index (χ1n) is 20.7. The number of rotatable bonds is 4. The Labute approximate surface area is 353 Å². The van der Waals surface area contributed by atoms with Crippen LogP contribution in [0.5, 0.6) is 17.2 Å². The maximum atomic E-state index is 14.7. The number of allylic oxidation sites excluding steroid dienone is 2. The molecular formula is C46H53N3O12. The molecule has 2 aromatic rings. The normalized spacial score (nSPS) is 27.6. The molecule has 1 amide bonds. The highest BCUT2D eigenvalue weighted by Crippen LogP contribution is 2.50. The Morgan fingerprint density at radius 1 is 1.03 bits per heavy atom. The molecule has 324 valence electrons. The number of fused-ring (bicyclic) bond motifs is 2. The summed E-state index contributed by atoms with van der Waals surface area (Å²) in [5.74, 6) is -4.33. The minimum atomic E-state index is -1.97. The molecule has 0 radical (unpaired) electrons. The van der Waals surface area contributed by atoms with Gasteiger partial charge in [-0.25, -0.2) is 4.98 Å². The fraction of sp³-hybridized carbons (Fsp3) is 0.457. The van der Waals surface area contributed by atoms with Crippen molar-refractivity contribution < 1.29 is 52.7 Å². The Kier molecular flexibility index (Phi) is 12.6. The minimum Gasteiger partial charge on any atom is -0.507 e. The van der Waals surface area contributed by atoms with Gasteiger partial charge in [0, 0.05) is 55.9 Å². The predicted molar refractivity (Wildman–Crippen MR) is 227 cm³/mol. The van der Waals surface area contributed by atoms with Crippen LogP contribution in [0.1, 0.15) is 82.6 Å². The lowest BCUT2D eigenvalue weighted by Crippen LogP contribution is -2.38. The molecule has 1 fully saturated rings. The van der Waals surface area contributed by atoms with E-state index in [2.05, 4.69) is 10.6 Å². The van der Waals surface area contributed by atoms with Crippen molar-refractivity contribution in [3.8, 4) is 28.7 Å². The Bertz CT molecular complexity index is 2480. The summed E-state index contributed by atoms with van der Waals surface area (Å²) in [4.78, 5) is 60.2. The molecule has 0 spiro atoms. The summed E-state index contributed by atoms with van der Waals surface area (Å²) in [6, 6.07) is 5.12. The van der Waals surface area contributed by atoms with Crippen molar-refractivity contribution in [1.82, 2.24) is 10.3 Å². The van der Waals surface area contributed by atoms with Gasteiger partial charge in [0.15, 0.2) is 11.3 Å². The number of aromatic hydroxyl groups is 1. The second kappa shape index (κ2) is 17.7. The first kappa shape index (κ1) is 43.3. The molecule has 15 nitrogen and oxygen atoms in total. The number of aliphatic hydroxyl groups is 1. The van der Waals surface area contributed by atoms with Crippen LogP contribution < -0.4 is 25.5 Å². The molecule has 15 heteroatoms. The number of hydrogen-bond acceptors (Lipinski definition) is 14. The van der Waals surface area contributed by atoms with Gasteiger partial charge in [-0.1, -0.05) is 32.1 Å². The van der Waals surface area contributed by atoms with Crippen molar-refractivity contribution in [3.63, 3.8) is 0 Å². The molecule has 0 unspecified atom stereocenters. The standard InChI is InChI=1S/C46H53N3O12/c1-23-9-8-10-25(3)45(55)49-39-41(53)36-35(38-43(39)60-34-22-30(12-13-31(34)48-38)59-28-15-18-47-19-16-28)37-42(26(4)40(36)52)61-46(6,44(37)54)57-20-17-29(56-7)21-33(58-27(5)50)24(2)11-14-32(23)51/h8-10,12-13,17,20,22-24,28-29,32-33,47,51-52H,11,14-16,18-19,21H2,1-7H3,(H,49,55)/b9-8+,20-17+,25-10-/t23-,24+,29-,32+,33+,46-/m0/s1. The van der Waals surface area contributed by atoms with E-state index in [0.29, 0.717) is 24.1 Å². The molecule has 5 aliphatic rings. The number of carbonyl (C=O) groups is 3. The Hall–Kier alpha value is -5.77. The highest BCUT2D eigenvalue weighted by Gasteiger charge is 2.50. The summed E-state index contributed by atoms with van der Waals surface area (Å²) in [6.07, 6.45) is 8.67. The summed E-state index contributed by atoms with van der Waals surface area (Å²) < 4.78 is 36.4. The van der Waals surface area contributed by atoms with Gasteiger partial charge in [-0.2, -0.15) is 0 Å². The number of Topliss-reactive ketones (excluding diaryl/α,β-unsaturated/α-hetero) is 1. The predicted octanol–water partition coefficient (Wildman–Crippen LogP) is 6.62. The number of phenols is 1. The second-order valence-electron chi connectivity index (χ2n) is 16.4. The van der Waals surface area contributed by atoms with Crippen LogP contribution in [0.25, 0.3) is 33.3 Å². The number of carbonyl (C=O) groups excluding carboxylic acids is 3. The molecule has 0 saturated carbocycles. The fourth-order valence-electron chi connectivity index (χ4n) is 8.07. The molecule has 7 rings (SSSR count). The third-order valence-electron chi connectivity index (χ3n) is 11.9. The van der Waals surface area contributed by atoms with Crippen molar-refractivity contribution in [1.29, 1.82) is 0 Å². The van der Waals surface area contributed by atoms with Crippen LogP contribution >= 0.6 is 0 Å². The van der Waals surface area contributed by atoms with E-state index in [1.165, 1.54) is 34.1 Å². The first-order valence-corrected chi connectivity index (χ1v) is 20.7. The Balaban J connectivity index is 1.40. The van der Waals surface area contributed by atoms with Gasteiger partial charge in [0.2, 0.25) is 5.43 Å². The first-order chi connectivity index (χ1) is 29.1. The number of benzene rings is 3. The number of nitrogens with one attached hydrogen (secondary N) is 2. The zero-order valence-electron chi connectivity index (χ0n) is 35.5. The van der Waals surface area contributed by atoms with Gasteiger partial charge in [-0.3, -0.25) is 19.2 Å². The van der Waals surface area contributed by atoms with E-state index in [-0.39, 0.29) is 80.3 Å². The molecule has 6 atom stereocenters. The van der Waals surface area contributed by atoms with Crippen LogP contribution in [-0.4, -0.2) is 83.3 Å². The van der Waals surface area contributed by atoms with E-state index < -0.39 is 52.9 Å². The van der Waals surface area contributed by atoms with E-state index in [0.717, 1.165) is 25.9 Å². The summed E-state index contributed by atoms with van der Waals surface area (Å²) in [5, 5.41) is 28.5. The molecule has 0 aromatic heterocycles. The van der Waals surface area contributed by atoms with Crippen LogP contribution in [0.4, 0.5) is 5.69 Å². The molecule has 4 heterocycles. The lowest BCUT2D eigenvalue weighted by molar-refractivity contribution is -0.150. The number of aromatic nitrogens is 1. The molecule has 2 aromatic carbocycles. The molecular weight excluding hydrogens is 787 g/mol. The summed E-state index contributed by atoms with van der Waals surface area (Å²) in [7, 11) is 1.49. The third-order valence-corrected chi connectivity index (χ3v) is 11.9. The number of ether oxygens (including phenoxy) is 5. The smallest absolute Gasteiger partial charge is 0.312 e. The molecule has 1 aliphatic carbocycles. The van der Waals surface area contributed by atoms with Gasteiger partial charge in [0.1, 0.15) is 46.4 Å². The van der Waals surface area contributed by atoms with Gasteiger partial charge in [-0.05, 0) is 76.7 Å². The van der Waals surface area contributed by atoms with E-state index in [9.17, 15) is 29.4 Å². The highest BCUT2D eigenvalue weighted by atomic mass is 16.7. The quantitative estimate of drug-likeness (QED) is 0.0970. The number of piperidine rings is 1. The highest BCUT2D eigenvalue weighted by molar-refractivity contribution is 6.22. The Morgan fingerprint density at radius 3 is 2.51 bits per heavy atom. The number of phenolic OH excluding ortho intramolecular Hbond substituents is 1. The zero-order valence-corrected chi connectivity index (χ0v) is 35.5. The van der Waals surface area contributed by atoms with E-state index in [4.69, 9.17) is 33.1 Å².